The third-order valence-corrected chi connectivity index (χ3v) is 4.43. The molecule has 1 aromatic carbocycles. The number of halogens is 2. The molecule has 0 radical (unpaired) electrons. The molecule has 2 N–H and O–H groups in total. The van der Waals surface area contributed by atoms with E-state index < -0.39 is 30.8 Å². The van der Waals surface area contributed by atoms with Gasteiger partial charge in [0.15, 0.2) is 0 Å². The Bertz CT molecular complexity index is 636. The van der Waals surface area contributed by atoms with Crippen LogP contribution in [0.4, 0.5) is 8.78 Å². The number of alkyl halides is 2. The Morgan fingerprint density at radius 2 is 2.17 bits per heavy atom. The number of carbonyl (C=O) groups excluding carboxylic acids is 2. The summed E-state index contributed by atoms with van der Waals surface area (Å²) in [6, 6.07) is 6.77. The first kappa shape index (κ1) is 16.8. The van der Waals surface area contributed by atoms with Crippen molar-refractivity contribution in [3.8, 4) is 0 Å². The van der Waals surface area contributed by atoms with Crippen LogP contribution in [0.2, 0.25) is 0 Å². The Hall–Kier alpha value is -2.02. The number of carbonyl (C=O) groups is 2. The summed E-state index contributed by atoms with van der Waals surface area (Å²) >= 11 is 0. The monoisotopic (exact) mass is 337 g/mol. The minimum absolute atomic E-state index is 0.168. The second-order valence-corrected chi connectivity index (χ2v) is 6.45. The average molecular weight is 337 g/mol. The van der Waals surface area contributed by atoms with Gasteiger partial charge in [0.25, 0.3) is 5.92 Å². The van der Waals surface area contributed by atoms with Crippen LogP contribution in [0.25, 0.3) is 0 Å². The van der Waals surface area contributed by atoms with Gasteiger partial charge in [0.2, 0.25) is 11.8 Å². The summed E-state index contributed by atoms with van der Waals surface area (Å²) in [5, 5.41) is 5.23. The molecule has 1 atom stereocenters. The summed E-state index contributed by atoms with van der Waals surface area (Å²) in [6.07, 6.45) is 1.04. The summed E-state index contributed by atoms with van der Waals surface area (Å²) < 4.78 is 26.2. The normalized spacial score (nSPS) is 22.8. The van der Waals surface area contributed by atoms with Gasteiger partial charge in [0.05, 0.1) is 12.6 Å². The lowest BCUT2D eigenvalue weighted by molar-refractivity contribution is -0.128. The zero-order valence-electron chi connectivity index (χ0n) is 13.4. The Labute approximate surface area is 139 Å². The largest absolute Gasteiger partial charge is 0.351 e. The molecular formula is C17H21F2N3O2. The SMILES string of the molecule is O=C(NCc1cccc(CN2CCCC2=O)c1)C1CC(F)(F)CN1. The van der Waals surface area contributed by atoms with Gasteiger partial charge in [-0.1, -0.05) is 24.3 Å². The van der Waals surface area contributed by atoms with Crippen molar-refractivity contribution < 1.29 is 18.4 Å². The van der Waals surface area contributed by atoms with E-state index in [1.165, 1.54) is 0 Å². The lowest BCUT2D eigenvalue weighted by Crippen LogP contribution is -2.40. The third-order valence-electron chi connectivity index (χ3n) is 4.43. The summed E-state index contributed by atoms with van der Waals surface area (Å²) in [6.45, 7) is 1.17. The Morgan fingerprint density at radius 1 is 1.38 bits per heavy atom. The van der Waals surface area contributed by atoms with E-state index in [0.717, 1.165) is 24.1 Å². The zero-order chi connectivity index (χ0) is 17.2. The molecule has 7 heteroatoms. The molecule has 2 saturated heterocycles. The minimum atomic E-state index is -2.82. The molecule has 2 aliphatic rings. The molecule has 0 aromatic heterocycles. The Balaban J connectivity index is 1.53. The van der Waals surface area contributed by atoms with Gasteiger partial charge in [0, 0.05) is 32.5 Å². The number of hydrogen-bond acceptors (Lipinski definition) is 3. The molecule has 2 amide bonds. The van der Waals surface area contributed by atoms with Gasteiger partial charge in [-0.15, -0.1) is 0 Å². The maximum Gasteiger partial charge on any atom is 0.262 e. The summed E-state index contributed by atoms with van der Waals surface area (Å²) in [7, 11) is 0. The fourth-order valence-corrected chi connectivity index (χ4v) is 3.14. The molecule has 1 aromatic rings. The highest BCUT2D eigenvalue weighted by Gasteiger charge is 2.42. The molecular weight excluding hydrogens is 316 g/mol. The number of amides is 2. The molecule has 3 rings (SSSR count). The van der Waals surface area contributed by atoms with E-state index in [-0.39, 0.29) is 12.5 Å². The number of likely N-dealkylation sites (tertiary alicyclic amines) is 1. The highest BCUT2D eigenvalue weighted by atomic mass is 19.3. The highest BCUT2D eigenvalue weighted by molar-refractivity contribution is 5.82. The molecule has 2 heterocycles. The Kier molecular flexibility index (Phi) is 4.80. The first-order valence-corrected chi connectivity index (χ1v) is 8.17. The number of nitrogens with one attached hydrogen (secondary N) is 2. The predicted octanol–water partition coefficient (Wildman–Crippen LogP) is 1.42. The van der Waals surface area contributed by atoms with Crippen molar-refractivity contribution >= 4 is 11.8 Å². The van der Waals surface area contributed by atoms with Gasteiger partial charge in [-0.25, -0.2) is 8.78 Å². The van der Waals surface area contributed by atoms with Crippen LogP contribution < -0.4 is 10.6 Å². The van der Waals surface area contributed by atoms with Crippen molar-refractivity contribution in [3.05, 3.63) is 35.4 Å². The van der Waals surface area contributed by atoms with Crippen molar-refractivity contribution in [1.82, 2.24) is 15.5 Å². The van der Waals surface area contributed by atoms with Gasteiger partial charge in [-0.2, -0.15) is 0 Å². The molecule has 5 nitrogen and oxygen atoms in total. The third kappa shape index (κ3) is 4.08. The van der Waals surface area contributed by atoms with Crippen molar-refractivity contribution in [2.45, 2.75) is 44.3 Å². The smallest absolute Gasteiger partial charge is 0.262 e. The van der Waals surface area contributed by atoms with Crippen LogP contribution in [-0.2, 0) is 22.7 Å². The van der Waals surface area contributed by atoms with E-state index in [2.05, 4.69) is 10.6 Å². The first-order valence-electron chi connectivity index (χ1n) is 8.17. The molecule has 24 heavy (non-hydrogen) atoms. The van der Waals surface area contributed by atoms with Gasteiger partial charge in [0.1, 0.15) is 0 Å². The molecule has 0 aliphatic carbocycles. The van der Waals surface area contributed by atoms with Crippen LogP contribution >= 0.6 is 0 Å². The number of benzene rings is 1. The molecule has 1 unspecified atom stereocenters. The number of rotatable bonds is 5. The van der Waals surface area contributed by atoms with Gasteiger partial charge < -0.3 is 10.2 Å². The second-order valence-electron chi connectivity index (χ2n) is 6.45. The summed E-state index contributed by atoms with van der Waals surface area (Å²) in [5.41, 5.74) is 1.89. The Morgan fingerprint density at radius 3 is 2.83 bits per heavy atom. The van der Waals surface area contributed by atoms with E-state index in [4.69, 9.17) is 0 Å². The van der Waals surface area contributed by atoms with Crippen LogP contribution in [0.5, 0.6) is 0 Å². The molecule has 0 spiro atoms. The molecule has 0 saturated carbocycles. The van der Waals surface area contributed by atoms with Crippen molar-refractivity contribution in [1.29, 1.82) is 0 Å². The molecule has 2 aliphatic heterocycles. The van der Waals surface area contributed by atoms with Crippen LogP contribution in [0, 0.1) is 0 Å². The minimum Gasteiger partial charge on any atom is -0.351 e. The van der Waals surface area contributed by atoms with Gasteiger partial charge in [-0.3, -0.25) is 14.9 Å². The van der Waals surface area contributed by atoms with E-state index in [1.807, 2.05) is 29.2 Å². The highest BCUT2D eigenvalue weighted by Crippen LogP contribution is 2.25. The fraction of sp³-hybridized carbons (Fsp3) is 0.529. The van der Waals surface area contributed by atoms with E-state index in [1.54, 1.807) is 0 Å². The maximum absolute atomic E-state index is 13.1. The van der Waals surface area contributed by atoms with Crippen molar-refractivity contribution in [2.75, 3.05) is 13.1 Å². The number of hydrogen-bond donors (Lipinski definition) is 2. The van der Waals surface area contributed by atoms with Gasteiger partial charge in [-0.05, 0) is 17.5 Å². The predicted molar refractivity (Wildman–Crippen MR) is 84.3 cm³/mol. The molecule has 130 valence electrons. The first-order chi connectivity index (χ1) is 11.4. The topological polar surface area (TPSA) is 61.4 Å². The van der Waals surface area contributed by atoms with Crippen LogP contribution in [-0.4, -0.2) is 41.8 Å². The lowest BCUT2D eigenvalue weighted by Gasteiger charge is -2.16. The zero-order valence-corrected chi connectivity index (χ0v) is 13.4. The second kappa shape index (κ2) is 6.84. The summed E-state index contributed by atoms with van der Waals surface area (Å²) in [4.78, 5) is 25.5. The van der Waals surface area contributed by atoms with Crippen molar-refractivity contribution in [3.63, 3.8) is 0 Å². The molecule has 2 fully saturated rings. The van der Waals surface area contributed by atoms with Crippen LogP contribution in [0.1, 0.15) is 30.4 Å². The quantitative estimate of drug-likeness (QED) is 0.854. The van der Waals surface area contributed by atoms with Gasteiger partial charge >= 0.3 is 0 Å². The van der Waals surface area contributed by atoms with Crippen LogP contribution in [0.15, 0.2) is 24.3 Å². The standard InChI is InChI=1S/C17H21F2N3O2/c18-17(19)8-14(21-11-17)16(24)20-9-12-3-1-4-13(7-12)10-22-6-2-5-15(22)23/h1,3-4,7,14,21H,2,5-6,8-11H2,(H,20,24). The van der Waals surface area contributed by atoms with E-state index >= 15 is 0 Å². The number of nitrogens with zero attached hydrogens (tertiary/aromatic N) is 1. The summed E-state index contributed by atoms with van der Waals surface area (Å²) in [5.74, 6) is -3.06. The van der Waals surface area contributed by atoms with E-state index in [0.29, 0.717) is 13.0 Å². The fourth-order valence-electron chi connectivity index (χ4n) is 3.14. The maximum atomic E-state index is 13.1. The average Bonchev–Trinajstić information content (AvgIpc) is 3.11. The van der Waals surface area contributed by atoms with Crippen LogP contribution in [0.3, 0.4) is 0 Å². The van der Waals surface area contributed by atoms with E-state index in [9.17, 15) is 18.4 Å². The lowest BCUT2D eigenvalue weighted by atomic mass is 10.1. The van der Waals surface area contributed by atoms with Crippen molar-refractivity contribution in [2.24, 2.45) is 0 Å². The molecule has 0 bridgehead atoms.